The Kier molecular flexibility index (Phi) is 2.93. The van der Waals surface area contributed by atoms with Gasteiger partial charge in [-0.05, 0) is 30.5 Å². The van der Waals surface area contributed by atoms with Crippen LogP contribution in [0.2, 0.25) is 0 Å². The van der Waals surface area contributed by atoms with E-state index >= 15 is 0 Å². The molecule has 0 amide bonds. The van der Waals surface area contributed by atoms with Crippen LogP contribution in [0.15, 0.2) is 30.6 Å². The first-order valence-electron chi connectivity index (χ1n) is 7.23. The van der Waals surface area contributed by atoms with E-state index in [2.05, 4.69) is 22.0 Å². The molecule has 2 aromatic rings. The summed E-state index contributed by atoms with van der Waals surface area (Å²) in [4.78, 5) is 7.60. The number of anilines is 1. The second kappa shape index (κ2) is 4.81. The molecule has 21 heavy (non-hydrogen) atoms. The molecule has 3 heterocycles. The lowest BCUT2D eigenvalue weighted by Crippen LogP contribution is -2.31. The molecule has 0 spiro atoms. The summed E-state index contributed by atoms with van der Waals surface area (Å²) in [5.74, 6) is 0.983. The molecule has 0 fully saturated rings. The number of benzene rings is 1. The lowest BCUT2D eigenvalue weighted by atomic mass is 9.93. The summed E-state index contributed by atoms with van der Waals surface area (Å²) in [5, 5.41) is 0. The number of methoxy groups -OCH3 is 1. The quantitative estimate of drug-likeness (QED) is 0.793. The normalized spacial score (nSPS) is 16.0. The number of aromatic nitrogens is 1. The summed E-state index contributed by atoms with van der Waals surface area (Å²) in [6, 6.07) is 6.31. The Labute approximate surface area is 129 Å². The third-order valence-corrected chi connectivity index (χ3v) is 4.79. The van der Waals surface area contributed by atoms with Crippen LogP contribution in [-0.4, -0.2) is 23.6 Å². The van der Waals surface area contributed by atoms with E-state index in [1.807, 2.05) is 12.3 Å². The van der Waals surface area contributed by atoms with Gasteiger partial charge in [-0.15, -0.1) is 0 Å². The molecule has 3 nitrogen and oxygen atoms in total. The van der Waals surface area contributed by atoms with Crippen LogP contribution < -0.4 is 9.64 Å². The van der Waals surface area contributed by atoms with E-state index in [1.54, 1.807) is 13.3 Å². The minimum absolute atomic E-state index is 0.939. The van der Waals surface area contributed by atoms with Crippen LogP contribution in [0.1, 0.15) is 17.5 Å². The zero-order chi connectivity index (χ0) is 14.4. The molecule has 106 valence electrons. The largest absolute Gasteiger partial charge is 0.496 e. The van der Waals surface area contributed by atoms with Crippen molar-refractivity contribution in [2.75, 3.05) is 18.6 Å². The summed E-state index contributed by atoms with van der Waals surface area (Å²) in [5.41, 5.74) is 6.25. The van der Waals surface area contributed by atoms with Crippen molar-refractivity contribution in [3.63, 3.8) is 0 Å². The molecule has 2 aliphatic rings. The van der Waals surface area contributed by atoms with Crippen molar-refractivity contribution in [2.24, 2.45) is 0 Å². The average Bonchev–Trinajstić information content (AvgIpc) is 2.96. The van der Waals surface area contributed by atoms with E-state index in [0.717, 1.165) is 47.7 Å². The van der Waals surface area contributed by atoms with Crippen molar-refractivity contribution in [1.82, 2.24) is 4.98 Å². The fourth-order valence-corrected chi connectivity index (χ4v) is 3.75. The average molecular weight is 296 g/mol. The predicted octanol–water partition coefficient (Wildman–Crippen LogP) is 3.39. The molecule has 4 rings (SSSR count). The van der Waals surface area contributed by atoms with Gasteiger partial charge >= 0.3 is 0 Å². The zero-order valence-corrected chi connectivity index (χ0v) is 12.7. The van der Waals surface area contributed by atoms with Gasteiger partial charge in [-0.1, -0.05) is 18.3 Å². The molecule has 0 aliphatic carbocycles. The van der Waals surface area contributed by atoms with Crippen LogP contribution in [0.4, 0.5) is 5.69 Å². The SMILES string of the molecule is COc1c(-c2cccnc2)cc2c3c1CCC(=S)N3CC2. The van der Waals surface area contributed by atoms with Crippen molar-refractivity contribution in [2.45, 2.75) is 19.3 Å². The molecule has 0 radical (unpaired) electrons. The molecule has 0 saturated carbocycles. The molecule has 0 saturated heterocycles. The molecule has 0 atom stereocenters. The third-order valence-electron chi connectivity index (χ3n) is 4.37. The number of hydrogen-bond acceptors (Lipinski definition) is 3. The predicted molar refractivity (Wildman–Crippen MR) is 88.2 cm³/mol. The van der Waals surface area contributed by atoms with Gasteiger partial charge in [0.05, 0.1) is 17.8 Å². The molecule has 1 aromatic heterocycles. The monoisotopic (exact) mass is 296 g/mol. The summed E-state index contributed by atoms with van der Waals surface area (Å²) in [6.07, 6.45) is 6.66. The van der Waals surface area contributed by atoms with Gasteiger partial charge in [-0.25, -0.2) is 0 Å². The number of thiocarbonyl (C=S) groups is 1. The Hall–Kier alpha value is -1.94. The van der Waals surface area contributed by atoms with Crippen molar-refractivity contribution in [3.05, 3.63) is 41.7 Å². The van der Waals surface area contributed by atoms with Crippen LogP contribution in [0.3, 0.4) is 0 Å². The van der Waals surface area contributed by atoms with Crippen LogP contribution in [-0.2, 0) is 12.8 Å². The van der Waals surface area contributed by atoms with E-state index in [9.17, 15) is 0 Å². The maximum Gasteiger partial charge on any atom is 0.132 e. The summed E-state index contributed by atoms with van der Waals surface area (Å²) >= 11 is 5.52. The van der Waals surface area contributed by atoms with Gasteiger partial charge in [0.15, 0.2) is 0 Å². The molecule has 0 unspecified atom stereocenters. The zero-order valence-electron chi connectivity index (χ0n) is 11.9. The summed E-state index contributed by atoms with van der Waals surface area (Å²) in [6.45, 7) is 1.00. The van der Waals surface area contributed by atoms with Crippen molar-refractivity contribution in [3.8, 4) is 16.9 Å². The summed E-state index contributed by atoms with van der Waals surface area (Å²) in [7, 11) is 1.75. The number of pyridine rings is 1. The highest BCUT2D eigenvalue weighted by Gasteiger charge is 2.32. The van der Waals surface area contributed by atoms with Gasteiger partial charge in [0.1, 0.15) is 5.75 Å². The van der Waals surface area contributed by atoms with Crippen molar-refractivity contribution >= 4 is 22.9 Å². The van der Waals surface area contributed by atoms with Gasteiger partial charge in [0.2, 0.25) is 0 Å². The Morgan fingerprint density at radius 1 is 1.29 bits per heavy atom. The first-order chi connectivity index (χ1) is 10.3. The Balaban J connectivity index is 1.98. The van der Waals surface area contributed by atoms with Crippen LogP contribution in [0.5, 0.6) is 5.75 Å². The third kappa shape index (κ3) is 1.86. The number of hydrogen-bond donors (Lipinski definition) is 0. The first-order valence-corrected chi connectivity index (χ1v) is 7.64. The van der Waals surface area contributed by atoms with Crippen LogP contribution >= 0.6 is 12.2 Å². The summed E-state index contributed by atoms with van der Waals surface area (Å²) < 4.78 is 5.77. The highest BCUT2D eigenvalue weighted by molar-refractivity contribution is 7.80. The number of nitrogens with zero attached hydrogens (tertiary/aromatic N) is 2. The topological polar surface area (TPSA) is 25.4 Å². The maximum absolute atomic E-state index is 5.77. The van der Waals surface area contributed by atoms with Gasteiger partial charge in [0, 0.05) is 42.0 Å². The standard InChI is InChI=1S/C17H16N2OS/c1-20-17-13-4-5-15(21)19-8-6-11(16(13)19)9-14(17)12-3-2-7-18-10-12/h2-3,7,9-10H,4-6,8H2,1H3. The smallest absolute Gasteiger partial charge is 0.132 e. The van der Waals surface area contributed by atoms with Gasteiger partial charge in [0.25, 0.3) is 0 Å². The van der Waals surface area contributed by atoms with E-state index in [-0.39, 0.29) is 0 Å². The number of rotatable bonds is 2. The van der Waals surface area contributed by atoms with E-state index < -0.39 is 0 Å². The van der Waals surface area contributed by atoms with Crippen molar-refractivity contribution < 1.29 is 4.74 Å². The fourth-order valence-electron chi connectivity index (χ4n) is 3.46. The number of ether oxygens (including phenoxy) is 1. The molecule has 2 aliphatic heterocycles. The van der Waals surface area contributed by atoms with E-state index in [1.165, 1.54) is 16.8 Å². The highest BCUT2D eigenvalue weighted by Crippen LogP contribution is 2.46. The van der Waals surface area contributed by atoms with Crippen LogP contribution in [0.25, 0.3) is 11.1 Å². The highest BCUT2D eigenvalue weighted by atomic mass is 32.1. The molecular formula is C17H16N2OS. The van der Waals surface area contributed by atoms with E-state index in [0.29, 0.717) is 0 Å². The second-order valence-electron chi connectivity index (χ2n) is 5.48. The van der Waals surface area contributed by atoms with Crippen LogP contribution in [0, 0.1) is 0 Å². The lowest BCUT2D eigenvalue weighted by molar-refractivity contribution is 0.411. The van der Waals surface area contributed by atoms with Gasteiger partial charge < -0.3 is 9.64 Å². The first kappa shape index (κ1) is 12.8. The minimum Gasteiger partial charge on any atom is -0.496 e. The Morgan fingerprint density at radius 3 is 2.95 bits per heavy atom. The minimum atomic E-state index is 0.939. The van der Waals surface area contributed by atoms with E-state index in [4.69, 9.17) is 17.0 Å². The Bertz CT molecular complexity index is 727. The molecule has 0 bridgehead atoms. The lowest BCUT2D eigenvalue weighted by Gasteiger charge is -2.30. The second-order valence-corrected chi connectivity index (χ2v) is 5.95. The Morgan fingerprint density at radius 2 is 2.19 bits per heavy atom. The van der Waals surface area contributed by atoms with Gasteiger partial charge in [-0.3, -0.25) is 4.98 Å². The molecular weight excluding hydrogens is 280 g/mol. The fraction of sp³-hybridized carbons (Fsp3) is 0.294. The maximum atomic E-state index is 5.77. The molecule has 0 N–H and O–H groups in total. The molecule has 4 heteroatoms. The molecule has 1 aromatic carbocycles. The van der Waals surface area contributed by atoms with Gasteiger partial charge in [-0.2, -0.15) is 0 Å². The van der Waals surface area contributed by atoms with Crippen molar-refractivity contribution in [1.29, 1.82) is 0 Å².